The Morgan fingerprint density at radius 2 is 2.07 bits per heavy atom. The molecule has 0 spiro atoms. The van der Waals surface area contributed by atoms with Gasteiger partial charge in [-0.1, -0.05) is 13.8 Å². The lowest BCUT2D eigenvalue weighted by Gasteiger charge is -1.99. The Kier molecular flexibility index (Phi) is 2.22. The van der Waals surface area contributed by atoms with Gasteiger partial charge in [0, 0.05) is 19.4 Å². The van der Waals surface area contributed by atoms with Gasteiger partial charge in [-0.05, 0) is 12.0 Å². The van der Waals surface area contributed by atoms with E-state index in [0.717, 1.165) is 5.69 Å². The van der Waals surface area contributed by atoms with Crippen LogP contribution in [0.1, 0.15) is 25.5 Å². The first kappa shape index (κ1) is 9.76. The van der Waals surface area contributed by atoms with E-state index in [1.54, 1.807) is 15.6 Å². The van der Waals surface area contributed by atoms with Crippen LogP contribution in [-0.4, -0.2) is 19.6 Å². The molecule has 0 bridgehead atoms. The average molecular weight is 205 g/mol. The summed E-state index contributed by atoms with van der Waals surface area (Å²) in [6.07, 6.45) is 3.65. The predicted molar refractivity (Wildman–Crippen MR) is 58.8 cm³/mol. The zero-order valence-corrected chi connectivity index (χ0v) is 9.18. The van der Waals surface area contributed by atoms with Crippen LogP contribution >= 0.6 is 0 Å². The number of nitrogens with zero attached hydrogens (tertiary/aromatic N) is 4. The van der Waals surface area contributed by atoms with Gasteiger partial charge in [0.1, 0.15) is 0 Å². The Morgan fingerprint density at radius 3 is 2.53 bits per heavy atom. The third kappa shape index (κ3) is 1.72. The predicted octanol–water partition coefficient (Wildman–Crippen LogP) is 1.31. The van der Waals surface area contributed by atoms with Crippen molar-refractivity contribution in [3.05, 3.63) is 24.2 Å². The molecule has 2 rings (SSSR count). The lowest BCUT2D eigenvalue weighted by atomic mass is 10.1. The highest BCUT2D eigenvalue weighted by molar-refractivity contribution is 5.51. The van der Waals surface area contributed by atoms with Crippen molar-refractivity contribution >= 4 is 5.69 Å². The summed E-state index contributed by atoms with van der Waals surface area (Å²) in [5, 5.41) is 8.66. The second-order valence-corrected chi connectivity index (χ2v) is 3.92. The quantitative estimate of drug-likeness (QED) is 0.804. The molecule has 0 aliphatic rings. The van der Waals surface area contributed by atoms with E-state index in [2.05, 4.69) is 24.0 Å². The lowest BCUT2D eigenvalue weighted by Crippen LogP contribution is -2.01. The molecule has 0 saturated heterocycles. The fraction of sp³-hybridized carbons (Fsp3) is 0.400. The molecule has 80 valence electrons. The first-order valence-corrected chi connectivity index (χ1v) is 4.93. The number of hydrogen-bond donors (Lipinski definition) is 1. The normalized spacial score (nSPS) is 11.2. The van der Waals surface area contributed by atoms with Crippen LogP contribution in [0.2, 0.25) is 0 Å². The van der Waals surface area contributed by atoms with Crippen LogP contribution in [0.3, 0.4) is 0 Å². The number of nitrogen functional groups attached to an aromatic ring is 1. The second-order valence-electron chi connectivity index (χ2n) is 3.92. The Hall–Kier alpha value is -1.78. The molecule has 15 heavy (non-hydrogen) atoms. The standard InChI is InChI=1S/C10H15N5/c1-7(2)9-4-5-15(12-9)10-8(11)6-14(3)13-10/h4-7H,11H2,1-3H3. The maximum Gasteiger partial charge on any atom is 0.198 e. The lowest BCUT2D eigenvalue weighted by molar-refractivity contribution is 0.714. The first-order chi connectivity index (χ1) is 7.08. The molecule has 0 aliphatic heterocycles. The molecular weight excluding hydrogens is 190 g/mol. The number of nitrogens with two attached hydrogens (primary N) is 1. The van der Waals surface area contributed by atoms with Gasteiger partial charge in [-0.15, -0.1) is 0 Å². The van der Waals surface area contributed by atoms with Gasteiger partial charge in [-0.3, -0.25) is 4.68 Å². The van der Waals surface area contributed by atoms with Crippen LogP contribution in [-0.2, 0) is 7.05 Å². The monoisotopic (exact) mass is 205 g/mol. The van der Waals surface area contributed by atoms with E-state index >= 15 is 0 Å². The van der Waals surface area contributed by atoms with Crippen molar-refractivity contribution in [2.45, 2.75) is 19.8 Å². The van der Waals surface area contributed by atoms with Crippen molar-refractivity contribution in [2.75, 3.05) is 5.73 Å². The summed E-state index contributed by atoms with van der Waals surface area (Å²) < 4.78 is 3.39. The zero-order chi connectivity index (χ0) is 11.0. The molecule has 0 unspecified atom stereocenters. The molecule has 2 heterocycles. The molecule has 0 fully saturated rings. The van der Waals surface area contributed by atoms with Crippen LogP contribution in [0.15, 0.2) is 18.5 Å². The molecule has 2 aromatic heterocycles. The Morgan fingerprint density at radius 1 is 1.33 bits per heavy atom. The largest absolute Gasteiger partial charge is 0.394 e. The third-order valence-electron chi connectivity index (χ3n) is 2.25. The first-order valence-electron chi connectivity index (χ1n) is 4.93. The molecule has 0 atom stereocenters. The summed E-state index contributed by atoms with van der Waals surface area (Å²) in [5.41, 5.74) is 7.49. The van der Waals surface area contributed by atoms with Crippen molar-refractivity contribution in [2.24, 2.45) is 7.05 Å². The van der Waals surface area contributed by atoms with Gasteiger partial charge in [0.05, 0.1) is 11.4 Å². The molecule has 5 nitrogen and oxygen atoms in total. The zero-order valence-electron chi connectivity index (χ0n) is 9.18. The molecule has 5 heteroatoms. The van der Waals surface area contributed by atoms with Crippen molar-refractivity contribution in [1.29, 1.82) is 0 Å². The Bertz CT molecular complexity index is 466. The molecule has 0 amide bonds. The fourth-order valence-electron chi connectivity index (χ4n) is 1.44. The van der Waals surface area contributed by atoms with Gasteiger partial charge >= 0.3 is 0 Å². The molecule has 0 aliphatic carbocycles. The van der Waals surface area contributed by atoms with Gasteiger partial charge in [0.25, 0.3) is 0 Å². The third-order valence-corrected chi connectivity index (χ3v) is 2.25. The molecule has 0 radical (unpaired) electrons. The minimum atomic E-state index is 0.413. The summed E-state index contributed by atoms with van der Waals surface area (Å²) in [6.45, 7) is 4.21. The van der Waals surface area contributed by atoms with Gasteiger partial charge < -0.3 is 5.73 Å². The summed E-state index contributed by atoms with van der Waals surface area (Å²) in [6, 6.07) is 1.98. The molecular formula is C10H15N5. The molecule has 0 saturated carbocycles. The van der Waals surface area contributed by atoms with Gasteiger partial charge in [0.2, 0.25) is 0 Å². The number of hydrogen-bond acceptors (Lipinski definition) is 3. The van der Waals surface area contributed by atoms with Crippen LogP contribution in [0, 0.1) is 0 Å². The highest BCUT2D eigenvalue weighted by Gasteiger charge is 2.09. The Balaban J connectivity index is 2.41. The molecule has 2 aromatic rings. The average Bonchev–Trinajstić information content (AvgIpc) is 2.71. The van der Waals surface area contributed by atoms with E-state index in [1.807, 2.05) is 19.3 Å². The Labute approximate surface area is 88.5 Å². The topological polar surface area (TPSA) is 61.7 Å². The summed E-state index contributed by atoms with van der Waals surface area (Å²) in [5.74, 6) is 1.10. The number of aromatic nitrogens is 4. The SMILES string of the molecule is CC(C)c1ccn(-c2nn(C)cc2N)n1. The van der Waals surface area contributed by atoms with E-state index in [1.165, 1.54) is 0 Å². The van der Waals surface area contributed by atoms with E-state index in [4.69, 9.17) is 5.73 Å². The van der Waals surface area contributed by atoms with E-state index < -0.39 is 0 Å². The highest BCUT2D eigenvalue weighted by Crippen LogP contribution is 2.16. The van der Waals surface area contributed by atoms with Gasteiger partial charge in [0.15, 0.2) is 5.82 Å². The van der Waals surface area contributed by atoms with E-state index in [9.17, 15) is 0 Å². The fourth-order valence-corrected chi connectivity index (χ4v) is 1.44. The highest BCUT2D eigenvalue weighted by atomic mass is 15.4. The number of anilines is 1. The van der Waals surface area contributed by atoms with E-state index in [0.29, 0.717) is 17.4 Å². The second kappa shape index (κ2) is 3.42. The summed E-state index contributed by atoms with van der Waals surface area (Å²) >= 11 is 0. The van der Waals surface area contributed by atoms with Gasteiger partial charge in [-0.2, -0.15) is 10.2 Å². The van der Waals surface area contributed by atoms with Crippen LogP contribution < -0.4 is 5.73 Å². The minimum Gasteiger partial charge on any atom is -0.394 e. The number of aryl methyl sites for hydroxylation is 1. The number of rotatable bonds is 2. The van der Waals surface area contributed by atoms with Crippen LogP contribution in [0.5, 0.6) is 0 Å². The van der Waals surface area contributed by atoms with Crippen molar-refractivity contribution < 1.29 is 0 Å². The minimum absolute atomic E-state index is 0.413. The smallest absolute Gasteiger partial charge is 0.198 e. The maximum atomic E-state index is 5.81. The molecule has 0 aromatic carbocycles. The van der Waals surface area contributed by atoms with Gasteiger partial charge in [-0.25, -0.2) is 4.68 Å². The van der Waals surface area contributed by atoms with Crippen molar-refractivity contribution in [3.63, 3.8) is 0 Å². The molecule has 2 N–H and O–H groups in total. The maximum absolute atomic E-state index is 5.81. The summed E-state index contributed by atoms with van der Waals surface area (Å²) in [7, 11) is 1.84. The van der Waals surface area contributed by atoms with E-state index in [-0.39, 0.29) is 0 Å². The van der Waals surface area contributed by atoms with Crippen molar-refractivity contribution in [3.8, 4) is 5.82 Å². The van der Waals surface area contributed by atoms with Crippen LogP contribution in [0.4, 0.5) is 5.69 Å². The van der Waals surface area contributed by atoms with Crippen LogP contribution in [0.25, 0.3) is 5.82 Å². The summed E-state index contributed by atoms with van der Waals surface area (Å²) in [4.78, 5) is 0. The van der Waals surface area contributed by atoms with Crippen molar-refractivity contribution in [1.82, 2.24) is 19.6 Å².